The van der Waals surface area contributed by atoms with Crippen molar-refractivity contribution in [1.82, 2.24) is 9.55 Å². The van der Waals surface area contributed by atoms with E-state index in [0.29, 0.717) is 22.1 Å². The number of cyclic esters (lactones) is 1. The predicted molar refractivity (Wildman–Crippen MR) is 131 cm³/mol. The van der Waals surface area contributed by atoms with E-state index in [0.717, 1.165) is 0 Å². The highest BCUT2D eigenvalue weighted by Gasteiger charge is 2.45. The smallest absolute Gasteiger partial charge is 0.400 e. The monoisotopic (exact) mass is 548 g/mol. The fourth-order valence-corrected chi connectivity index (χ4v) is 5.88. The Morgan fingerprint density at radius 2 is 2.00 bits per heavy atom. The molecule has 0 amide bonds. The molecule has 2 aromatic heterocycles. The van der Waals surface area contributed by atoms with Crippen molar-refractivity contribution in [2.24, 2.45) is 0 Å². The Bertz CT molecular complexity index is 1670. The molecule has 2 aliphatic heterocycles. The van der Waals surface area contributed by atoms with Crippen molar-refractivity contribution in [2.45, 2.75) is 52.0 Å². The molecule has 0 bridgehead atoms. The third-order valence-electron chi connectivity index (χ3n) is 7.00. The van der Waals surface area contributed by atoms with Gasteiger partial charge in [-0.3, -0.25) is 4.79 Å². The standard InChI is InChI=1S/C25H25FN2O9S/c1-4-25(32)17-8-20-22-15(10-28(20)23(30)16(17)11-35-24(25)31)21(13(3)37-38(33,34)36-6-5-29)14-7-12(2)18(26)9-19(14)27-22/h7-9,13,29,32H,4-6,10-11H2,1-3H3/t13-,25-/m0/s1. The molecule has 0 radical (unpaired) electrons. The molecular weight excluding hydrogens is 523 g/mol. The molecule has 0 unspecified atom stereocenters. The first-order valence-corrected chi connectivity index (χ1v) is 13.2. The van der Waals surface area contributed by atoms with Crippen LogP contribution < -0.4 is 5.56 Å². The Labute approximate surface area is 216 Å². The van der Waals surface area contributed by atoms with Gasteiger partial charge in [-0.1, -0.05) is 6.92 Å². The van der Waals surface area contributed by atoms with E-state index >= 15 is 0 Å². The Hall–Kier alpha value is -3.23. The Balaban J connectivity index is 1.76. The van der Waals surface area contributed by atoms with Gasteiger partial charge in [0.2, 0.25) is 0 Å². The second-order valence-electron chi connectivity index (χ2n) is 9.27. The molecule has 4 heterocycles. The van der Waals surface area contributed by atoms with E-state index in [9.17, 15) is 27.5 Å². The Morgan fingerprint density at radius 1 is 1.26 bits per heavy atom. The molecular formula is C25H25FN2O9S. The van der Waals surface area contributed by atoms with Gasteiger partial charge in [0.05, 0.1) is 42.2 Å². The van der Waals surface area contributed by atoms with Gasteiger partial charge in [-0.05, 0) is 43.5 Å². The maximum absolute atomic E-state index is 14.6. The van der Waals surface area contributed by atoms with E-state index in [4.69, 9.17) is 14.0 Å². The summed E-state index contributed by atoms with van der Waals surface area (Å²) in [6, 6.07) is 4.23. The van der Waals surface area contributed by atoms with Crippen molar-refractivity contribution >= 4 is 27.3 Å². The van der Waals surface area contributed by atoms with Crippen LogP contribution in [0.4, 0.5) is 4.39 Å². The molecule has 38 heavy (non-hydrogen) atoms. The number of benzene rings is 1. The quantitative estimate of drug-likeness (QED) is 0.327. The molecule has 202 valence electrons. The number of aliphatic hydroxyl groups is 2. The molecule has 2 atom stereocenters. The molecule has 11 nitrogen and oxygen atoms in total. The molecule has 13 heteroatoms. The minimum Gasteiger partial charge on any atom is -0.458 e. The second kappa shape index (κ2) is 9.20. The van der Waals surface area contributed by atoms with Gasteiger partial charge in [0.1, 0.15) is 18.5 Å². The molecule has 0 spiro atoms. The van der Waals surface area contributed by atoms with Crippen LogP contribution in [-0.4, -0.2) is 47.4 Å². The highest BCUT2D eigenvalue weighted by atomic mass is 32.3. The molecule has 0 fully saturated rings. The van der Waals surface area contributed by atoms with Gasteiger partial charge >= 0.3 is 16.4 Å². The zero-order chi connectivity index (χ0) is 27.6. The highest BCUT2D eigenvalue weighted by Crippen LogP contribution is 2.42. The van der Waals surface area contributed by atoms with E-state index in [1.165, 1.54) is 29.7 Å². The SMILES string of the molecule is CC[C@@]1(O)C(=O)OCc2c1cc1n(c2=O)Cc2c-1nc1cc(F)c(C)cc1c2[C@H](C)OS(=O)(=O)OCCO. The molecule has 0 saturated carbocycles. The minimum absolute atomic E-state index is 0.0186. The van der Waals surface area contributed by atoms with Crippen LogP contribution in [-0.2, 0) is 47.0 Å². The molecule has 2 N–H and O–H groups in total. The largest absolute Gasteiger partial charge is 0.458 e. The lowest BCUT2D eigenvalue weighted by atomic mass is 9.86. The van der Waals surface area contributed by atoms with Gasteiger partial charge in [-0.15, -0.1) is 0 Å². The van der Waals surface area contributed by atoms with E-state index in [2.05, 4.69) is 9.17 Å². The molecule has 3 aromatic rings. The van der Waals surface area contributed by atoms with Crippen LogP contribution in [0.5, 0.6) is 0 Å². The summed E-state index contributed by atoms with van der Waals surface area (Å²) in [7, 11) is -4.52. The van der Waals surface area contributed by atoms with Crippen LogP contribution in [0.15, 0.2) is 23.0 Å². The van der Waals surface area contributed by atoms with Gasteiger partial charge in [-0.25, -0.2) is 22.5 Å². The minimum atomic E-state index is -4.52. The van der Waals surface area contributed by atoms with E-state index < -0.39 is 52.7 Å². The maximum atomic E-state index is 14.6. The topological polar surface area (TPSA) is 154 Å². The number of carbonyl (C=O) groups is 1. The third-order valence-corrected chi connectivity index (χ3v) is 7.98. The number of halogens is 1. The van der Waals surface area contributed by atoms with E-state index in [1.807, 2.05) is 0 Å². The van der Waals surface area contributed by atoms with Crippen molar-refractivity contribution in [2.75, 3.05) is 13.2 Å². The normalized spacial score (nSPS) is 19.2. The zero-order valence-electron chi connectivity index (χ0n) is 20.8. The van der Waals surface area contributed by atoms with Gasteiger partial charge in [0, 0.05) is 22.6 Å². The summed E-state index contributed by atoms with van der Waals surface area (Å²) in [4.78, 5) is 30.5. The highest BCUT2D eigenvalue weighted by molar-refractivity contribution is 7.81. The first-order chi connectivity index (χ1) is 17.9. The number of aliphatic hydroxyl groups excluding tert-OH is 1. The molecule has 1 aromatic carbocycles. The van der Waals surface area contributed by atoms with Crippen LogP contribution in [0.2, 0.25) is 0 Å². The first kappa shape index (κ1) is 26.4. The van der Waals surface area contributed by atoms with Gasteiger partial charge in [0.15, 0.2) is 5.60 Å². The second-order valence-corrected chi connectivity index (χ2v) is 10.5. The lowest BCUT2D eigenvalue weighted by molar-refractivity contribution is -0.172. The van der Waals surface area contributed by atoms with Crippen LogP contribution in [0.3, 0.4) is 0 Å². The van der Waals surface area contributed by atoms with Gasteiger partial charge in [-0.2, -0.15) is 8.42 Å². The van der Waals surface area contributed by atoms with Crippen LogP contribution >= 0.6 is 0 Å². The molecule has 0 saturated heterocycles. The number of hydrogen-bond donors (Lipinski definition) is 2. The van der Waals surface area contributed by atoms with Crippen molar-refractivity contribution < 1.29 is 40.9 Å². The van der Waals surface area contributed by atoms with E-state index in [-0.39, 0.29) is 47.6 Å². The first-order valence-electron chi connectivity index (χ1n) is 11.9. The van der Waals surface area contributed by atoms with Crippen LogP contribution in [0.1, 0.15) is 54.2 Å². The average Bonchev–Trinajstić information content (AvgIpc) is 3.23. The van der Waals surface area contributed by atoms with Crippen molar-refractivity contribution in [3.63, 3.8) is 0 Å². The van der Waals surface area contributed by atoms with Crippen molar-refractivity contribution in [1.29, 1.82) is 0 Å². The number of pyridine rings is 2. The zero-order valence-corrected chi connectivity index (χ0v) is 21.6. The lowest BCUT2D eigenvalue weighted by Crippen LogP contribution is -2.44. The Kier molecular flexibility index (Phi) is 6.39. The fourth-order valence-electron chi connectivity index (χ4n) is 5.10. The predicted octanol–water partition coefficient (Wildman–Crippen LogP) is 1.86. The Morgan fingerprint density at radius 3 is 2.68 bits per heavy atom. The summed E-state index contributed by atoms with van der Waals surface area (Å²) in [5.74, 6) is -1.40. The van der Waals surface area contributed by atoms with Crippen molar-refractivity contribution in [3.8, 4) is 11.4 Å². The summed E-state index contributed by atoms with van der Waals surface area (Å²) in [5, 5.41) is 20.4. The average molecular weight is 549 g/mol. The summed E-state index contributed by atoms with van der Waals surface area (Å²) in [6.45, 7) is 3.24. The van der Waals surface area contributed by atoms with E-state index in [1.54, 1.807) is 13.8 Å². The van der Waals surface area contributed by atoms with Crippen molar-refractivity contribution in [3.05, 3.63) is 62.2 Å². The third kappa shape index (κ3) is 4.01. The fraction of sp³-hybridized carbons (Fsp3) is 0.400. The number of aromatic nitrogens is 2. The number of carbonyl (C=O) groups excluding carboxylic acids is 1. The summed E-state index contributed by atoms with van der Waals surface area (Å²) in [6.07, 6.45) is -1.19. The molecule has 5 rings (SSSR count). The number of aryl methyl sites for hydroxylation is 1. The number of ether oxygens (including phenoxy) is 1. The lowest BCUT2D eigenvalue weighted by Gasteiger charge is -2.31. The van der Waals surface area contributed by atoms with Gasteiger partial charge < -0.3 is 19.5 Å². The summed E-state index contributed by atoms with van der Waals surface area (Å²) < 4.78 is 55.6. The number of rotatable bonds is 7. The maximum Gasteiger partial charge on any atom is 0.400 e. The summed E-state index contributed by atoms with van der Waals surface area (Å²) >= 11 is 0. The summed E-state index contributed by atoms with van der Waals surface area (Å²) in [5.41, 5.74) is -0.455. The number of esters is 1. The van der Waals surface area contributed by atoms with Crippen LogP contribution in [0, 0.1) is 12.7 Å². The number of hydrogen-bond acceptors (Lipinski definition) is 10. The van der Waals surface area contributed by atoms with Crippen LogP contribution in [0.25, 0.3) is 22.3 Å². The number of nitrogens with zero attached hydrogens (tertiary/aromatic N) is 2. The number of fused-ring (bicyclic) bond motifs is 5. The van der Waals surface area contributed by atoms with Gasteiger partial charge in [0.25, 0.3) is 5.56 Å². The molecule has 0 aliphatic carbocycles. The molecule has 2 aliphatic rings.